The van der Waals surface area contributed by atoms with Gasteiger partial charge in [-0.15, -0.1) is 0 Å². The molecule has 0 radical (unpaired) electrons. The highest BCUT2D eigenvalue weighted by atomic mass is 16.2. The third-order valence-corrected chi connectivity index (χ3v) is 3.79. The number of aromatic nitrogens is 6. The largest absolute Gasteiger partial charge is 0.368 e. The summed E-state index contributed by atoms with van der Waals surface area (Å²) in [5.74, 6) is 0.942. The van der Waals surface area contributed by atoms with Gasteiger partial charge in [0.15, 0.2) is 5.82 Å². The number of carbonyl (C=O) groups excluding carboxylic acids is 1. The number of nitrogens with one attached hydrogen (secondary N) is 2. The monoisotopic (exact) mass is 368 g/mol. The fourth-order valence-electron chi connectivity index (χ4n) is 2.50. The molecule has 3 rings (SSSR count). The van der Waals surface area contributed by atoms with Gasteiger partial charge in [-0.25, -0.2) is 19.3 Å². The van der Waals surface area contributed by atoms with E-state index in [9.17, 15) is 9.59 Å². The van der Waals surface area contributed by atoms with Gasteiger partial charge in [-0.05, 0) is 26.0 Å². The van der Waals surface area contributed by atoms with E-state index in [4.69, 9.17) is 0 Å². The summed E-state index contributed by atoms with van der Waals surface area (Å²) in [5.41, 5.74) is 1.81. The van der Waals surface area contributed by atoms with Crippen molar-refractivity contribution >= 4 is 11.7 Å². The molecule has 27 heavy (non-hydrogen) atoms. The first-order valence-electron chi connectivity index (χ1n) is 8.36. The summed E-state index contributed by atoms with van der Waals surface area (Å²) >= 11 is 0. The maximum atomic E-state index is 12.0. The van der Waals surface area contributed by atoms with Crippen molar-refractivity contribution in [3.8, 4) is 5.82 Å². The van der Waals surface area contributed by atoms with E-state index in [0.29, 0.717) is 24.7 Å². The second-order valence-corrected chi connectivity index (χ2v) is 5.96. The van der Waals surface area contributed by atoms with Gasteiger partial charge in [-0.2, -0.15) is 10.2 Å². The van der Waals surface area contributed by atoms with E-state index >= 15 is 0 Å². The van der Waals surface area contributed by atoms with Gasteiger partial charge in [0.25, 0.3) is 11.5 Å². The Morgan fingerprint density at radius 2 is 1.93 bits per heavy atom. The summed E-state index contributed by atoms with van der Waals surface area (Å²) in [4.78, 5) is 31.8. The molecule has 0 aliphatic heterocycles. The maximum Gasteiger partial charge on any atom is 0.271 e. The van der Waals surface area contributed by atoms with Crippen molar-refractivity contribution in [3.05, 3.63) is 58.0 Å². The van der Waals surface area contributed by atoms with E-state index in [0.717, 1.165) is 16.1 Å². The Morgan fingerprint density at radius 1 is 1.11 bits per heavy atom. The number of anilines is 1. The van der Waals surface area contributed by atoms with E-state index in [2.05, 4.69) is 30.8 Å². The quantitative estimate of drug-likeness (QED) is 0.597. The van der Waals surface area contributed by atoms with E-state index in [-0.39, 0.29) is 17.2 Å². The van der Waals surface area contributed by atoms with Gasteiger partial charge in [-0.1, -0.05) is 0 Å². The fraction of sp³-hybridized carbons (Fsp3) is 0.294. The summed E-state index contributed by atoms with van der Waals surface area (Å²) in [6, 6.07) is 6.46. The molecule has 10 nitrogen and oxygen atoms in total. The molecule has 0 saturated carbocycles. The molecule has 1 amide bonds. The second-order valence-electron chi connectivity index (χ2n) is 5.96. The van der Waals surface area contributed by atoms with Crippen molar-refractivity contribution in [2.75, 3.05) is 18.4 Å². The van der Waals surface area contributed by atoms with Crippen molar-refractivity contribution < 1.29 is 4.79 Å². The van der Waals surface area contributed by atoms with Crippen LogP contribution >= 0.6 is 0 Å². The van der Waals surface area contributed by atoms with Crippen LogP contribution in [0.5, 0.6) is 0 Å². The van der Waals surface area contributed by atoms with Gasteiger partial charge < -0.3 is 10.6 Å². The first-order chi connectivity index (χ1) is 12.9. The van der Waals surface area contributed by atoms with Gasteiger partial charge in [0.2, 0.25) is 0 Å². The highest BCUT2D eigenvalue weighted by Gasteiger charge is 2.09. The van der Waals surface area contributed by atoms with E-state index in [1.807, 2.05) is 19.9 Å². The number of hydrogen-bond acceptors (Lipinski definition) is 7. The van der Waals surface area contributed by atoms with Crippen molar-refractivity contribution in [1.82, 2.24) is 34.8 Å². The van der Waals surface area contributed by atoms with Crippen LogP contribution in [0, 0.1) is 13.8 Å². The van der Waals surface area contributed by atoms with Gasteiger partial charge in [0.1, 0.15) is 17.8 Å². The lowest BCUT2D eigenvalue weighted by molar-refractivity contribution is 0.0948. The average molecular weight is 368 g/mol. The highest BCUT2D eigenvalue weighted by molar-refractivity contribution is 5.91. The Hall–Kier alpha value is -3.56. The van der Waals surface area contributed by atoms with Gasteiger partial charge >= 0.3 is 0 Å². The van der Waals surface area contributed by atoms with Gasteiger partial charge in [0, 0.05) is 38.0 Å². The van der Waals surface area contributed by atoms with Crippen LogP contribution in [-0.2, 0) is 7.05 Å². The zero-order valence-corrected chi connectivity index (χ0v) is 15.3. The molecule has 3 heterocycles. The summed E-state index contributed by atoms with van der Waals surface area (Å²) in [5, 5.41) is 14.2. The number of nitrogens with zero attached hydrogens (tertiary/aromatic N) is 6. The van der Waals surface area contributed by atoms with Crippen molar-refractivity contribution in [3.63, 3.8) is 0 Å². The Kier molecular flexibility index (Phi) is 5.25. The minimum atomic E-state index is -0.349. The molecule has 0 aliphatic rings. The van der Waals surface area contributed by atoms with Crippen LogP contribution in [0.2, 0.25) is 0 Å². The number of carbonyl (C=O) groups is 1. The van der Waals surface area contributed by atoms with Crippen molar-refractivity contribution in [2.24, 2.45) is 7.05 Å². The fourth-order valence-corrected chi connectivity index (χ4v) is 2.50. The zero-order valence-electron chi connectivity index (χ0n) is 15.3. The predicted octanol–water partition coefficient (Wildman–Crippen LogP) is 0.215. The van der Waals surface area contributed by atoms with Crippen LogP contribution in [0.4, 0.5) is 5.82 Å². The zero-order chi connectivity index (χ0) is 19.4. The Labute approximate surface area is 155 Å². The number of hydrogen-bond donors (Lipinski definition) is 2. The molecule has 0 atom stereocenters. The SMILES string of the molecule is Cc1cc(C)n(-c2cc(NCCNC(=O)c3ccc(=O)n(C)n3)ncn2)n1. The molecule has 0 aromatic carbocycles. The van der Waals surface area contributed by atoms with Crippen LogP contribution in [0.15, 0.2) is 35.4 Å². The topological polar surface area (TPSA) is 120 Å². The normalized spacial score (nSPS) is 10.6. The predicted molar refractivity (Wildman–Crippen MR) is 98.9 cm³/mol. The smallest absolute Gasteiger partial charge is 0.271 e. The average Bonchev–Trinajstić information content (AvgIpc) is 2.99. The summed E-state index contributed by atoms with van der Waals surface area (Å²) in [7, 11) is 1.50. The van der Waals surface area contributed by atoms with Gasteiger partial charge in [0.05, 0.1) is 5.69 Å². The van der Waals surface area contributed by atoms with E-state index < -0.39 is 0 Å². The molecular weight excluding hydrogens is 348 g/mol. The third-order valence-electron chi connectivity index (χ3n) is 3.79. The molecule has 0 unspecified atom stereocenters. The number of amides is 1. The maximum absolute atomic E-state index is 12.0. The Bertz CT molecular complexity index is 1020. The first-order valence-corrected chi connectivity index (χ1v) is 8.36. The standard InChI is InChI=1S/C17H20N8O2/c1-11-8-12(2)25(22-11)15-9-14(20-10-21-15)18-6-7-19-17(27)13-4-5-16(26)24(3)23-13/h4-5,8-10H,6-7H2,1-3H3,(H,19,27)(H,18,20,21). The molecule has 0 bridgehead atoms. The lowest BCUT2D eigenvalue weighted by Crippen LogP contribution is -2.31. The van der Waals surface area contributed by atoms with E-state index in [1.54, 1.807) is 10.7 Å². The Morgan fingerprint density at radius 3 is 2.63 bits per heavy atom. The van der Waals surface area contributed by atoms with Crippen LogP contribution < -0.4 is 16.2 Å². The molecule has 0 aliphatic carbocycles. The molecule has 140 valence electrons. The minimum Gasteiger partial charge on any atom is -0.368 e. The van der Waals surface area contributed by atoms with Crippen molar-refractivity contribution in [2.45, 2.75) is 13.8 Å². The molecule has 3 aromatic rings. The van der Waals surface area contributed by atoms with Crippen LogP contribution in [0.1, 0.15) is 21.9 Å². The van der Waals surface area contributed by atoms with Crippen LogP contribution in [-0.4, -0.2) is 48.5 Å². The van der Waals surface area contributed by atoms with Crippen molar-refractivity contribution in [1.29, 1.82) is 0 Å². The Balaban J connectivity index is 1.55. The van der Waals surface area contributed by atoms with Crippen LogP contribution in [0.25, 0.3) is 5.82 Å². The lowest BCUT2D eigenvalue weighted by Gasteiger charge is -2.09. The molecule has 10 heteroatoms. The second kappa shape index (κ2) is 7.77. The van der Waals surface area contributed by atoms with Crippen LogP contribution in [0.3, 0.4) is 0 Å². The lowest BCUT2D eigenvalue weighted by atomic mass is 10.3. The first kappa shape index (κ1) is 18.2. The third kappa shape index (κ3) is 4.35. The summed E-state index contributed by atoms with van der Waals surface area (Å²) in [6.45, 7) is 4.71. The molecule has 0 saturated heterocycles. The number of aryl methyl sites for hydroxylation is 3. The minimum absolute atomic E-state index is 0.186. The van der Waals surface area contributed by atoms with E-state index in [1.165, 1.54) is 25.5 Å². The molecule has 0 fully saturated rings. The number of rotatable bonds is 6. The molecule has 3 aromatic heterocycles. The summed E-state index contributed by atoms with van der Waals surface area (Å²) in [6.07, 6.45) is 1.46. The highest BCUT2D eigenvalue weighted by Crippen LogP contribution is 2.11. The molecule has 0 spiro atoms. The van der Waals surface area contributed by atoms with Gasteiger partial charge in [-0.3, -0.25) is 9.59 Å². The molecular formula is C17H20N8O2. The molecule has 2 N–H and O–H groups in total. The summed E-state index contributed by atoms with van der Waals surface area (Å²) < 4.78 is 2.86.